The molecule has 0 saturated heterocycles. The molecule has 0 unspecified atom stereocenters. The summed E-state index contributed by atoms with van der Waals surface area (Å²) in [4.78, 5) is 10.4. The van der Waals surface area contributed by atoms with Crippen LogP contribution in [0.4, 0.5) is 10.1 Å². The van der Waals surface area contributed by atoms with Gasteiger partial charge in [-0.05, 0) is 18.2 Å². The number of carboxylic acid groups (broad SMARTS) is 1. The van der Waals surface area contributed by atoms with Crippen LogP contribution in [0.25, 0.3) is 0 Å². The summed E-state index contributed by atoms with van der Waals surface area (Å²) in [5, 5.41) is 11.3. The van der Waals surface area contributed by atoms with E-state index in [0.29, 0.717) is 5.69 Å². The Hall–Kier alpha value is -1.30. The van der Waals surface area contributed by atoms with Crippen LogP contribution in [-0.4, -0.2) is 17.3 Å². The molecule has 18 heavy (non-hydrogen) atoms. The highest BCUT2D eigenvalue weighted by molar-refractivity contribution is 6.51. The van der Waals surface area contributed by atoms with Gasteiger partial charge < -0.3 is 5.11 Å². The zero-order chi connectivity index (χ0) is 13.7. The van der Waals surface area contributed by atoms with Crippen molar-refractivity contribution >= 4 is 52.7 Å². The smallest absolute Gasteiger partial charge is 0.348 e. The normalized spacial score (nSPS) is 12.4. The van der Waals surface area contributed by atoms with Gasteiger partial charge in [-0.25, -0.2) is 9.18 Å². The van der Waals surface area contributed by atoms with Crippen LogP contribution < -0.4 is 5.43 Å². The van der Waals surface area contributed by atoms with Crippen LogP contribution in [0.2, 0.25) is 5.02 Å². The second kappa shape index (κ2) is 6.58. The lowest BCUT2D eigenvalue weighted by Crippen LogP contribution is -1.98. The van der Waals surface area contributed by atoms with E-state index in [1.54, 1.807) is 0 Å². The molecule has 0 atom stereocenters. The molecule has 0 aromatic heterocycles. The molecule has 0 spiro atoms. The zero-order valence-corrected chi connectivity index (χ0v) is 10.9. The molecule has 96 valence electrons. The van der Waals surface area contributed by atoms with Gasteiger partial charge in [-0.2, -0.15) is 5.10 Å². The van der Waals surface area contributed by atoms with E-state index in [4.69, 9.17) is 39.9 Å². The number of nitrogens with zero attached hydrogens (tertiary/aromatic N) is 1. The summed E-state index contributed by atoms with van der Waals surface area (Å²) in [6, 6.07) is 3.86. The zero-order valence-electron chi connectivity index (χ0n) is 8.62. The SMILES string of the molecule is O=C(O)/C(Cl)=C(Cl)\C=N\Nc1ccc(F)c(Cl)c1. The van der Waals surface area contributed by atoms with Crippen molar-refractivity contribution in [3.05, 3.63) is 39.1 Å². The van der Waals surface area contributed by atoms with E-state index in [1.807, 2.05) is 0 Å². The van der Waals surface area contributed by atoms with Crippen LogP contribution in [-0.2, 0) is 4.79 Å². The number of carbonyl (C=O) groups is 1. The van der Waals surface area contributed by atoms with Gasteiger partial charge in [-0.15, -0.1) is 0 Å². The van der Waals surface area contributed by atoms with Crippen LogP contribution in [0, 0.1) is 5.82 Å². The number of anilines is 1. The average molecular weight is 312 g/mol. The molecule has 0 saturated carbocycles. The third kappa shape index (κ3) is 4.18. The Bertz CT molecular complexity index is 532. The minimum Gasteiger partial charge on any atom is -0.477 e. The molecule has 8 heteroatoms. The van der Waals surface area contributed by atoms with Crippen molar-refractivity contribution in [1.82, 2.24) is 0 Å². The van der Waals surface area contributed by atoms with Crippen LogP contribution >= 0.6 is 34.8 Å². The molecule has 0 heterocycles. The van der Waals surface area contributed by atoms with Gasteiger partial charge in [0.05, 0.1) is 22.0 Å². The van der Waals surface area contributed by atoms with E-state index < -0.39 is 16.8 Å². The Balaban J connectivity index is 2.73. The van der Waals surface area contributed by atoms with Gasteiger partial charge in [0.1, 0.15) is 10.8 Å². The number of nitrogens with one attached hydrogen (secondary N) is 1. The van der Waals surface area contributed by atoms with Crippen LogP contribution in [0.5, 0.6) is 0 Å². The third-order valence-electron chi connectivity index (χ3n) is 1.69. The molecule has 1 rings (SSSR count). The fraction of sp³-hybridized carbons (Fsp3) is 0. The highest BCUT2D eigenvalue weighted by atomic mass is 35.5. The molecule has 2 N–H and O–H groups in total. The Morgan fingerprint density at radius 2 is 2.11 bits per heavy atom. The Morgan fingerprint density at radius 1 is 1.44 bits per heavy atom. The lowest BCUT2D eigenvalue weighted by atomic mass is 10.3. The minimum absolute atomic E-state index is 0.0691. The summed E-state index contributed by atoms with van der Waals surface area (Å²) in [5.41, 5.74) is 2.90. The number of benzene rings is 1. The summed E-state index contributed by atoms with van der Waals surface area (Å²) in [6.07, 6.45) is 1.01. The van der Waals surface area contributed by atoms with Crippen molar-refractivity contribution in [2.45, 2.75) is 0 Å². The van der Waals surface area contributed by atoms with Gasteiger partial charge in [0, 0.05) is 0 Å². The molecule has 0 aliphatic carbocycles. The van der Waals surface area contributed by atoms with E-state index in [9.17, 15) is 9.18 Å². The van der Waals surface area contributed by atoms with E-state index in [1.165, 1.54) is 12.1 Å². The minimum atomic E-state index is -1.36. The molecule has 1 aromatic rings. The van der Waals surface area contributed by atoms with Crippen LogP contribution in [0.3, 0.4) is 0 Å². The summed E-state index contributed by atoms with van der Waals surface area (Å²) in [7, 11) is 0. The van der Waals surface area contributed by atoms with Crippen molar-refractivity contribution in [3.8, 4) is 0 Å². The summed E-state index contributed by atoms with van der Waals surface area (Å²) >= 11 is 16.4. The number of aliphatic carboxylic acids is 1. The van der Waals surface area contributed by atoms with Gasteiger partial charge in [-0.1, -0.05) is 34.8 Å². The maximum absolute atomic E-state index is 12.8. The lowest BCUT2D eigenvalue weighted by molar-refractivity contribution is -0.131. The average Bonchev–Trinajstić information content (AvgIpc) is 2.32. The first-order valence-electron chi connectivity index (χ1n) is 4.44. The number of hydrogen-bond donors (Lipinski definition) is 2. The van der Waals surface area contributed by atoms with E-state index >= 15 is 0 Å². The predicted molar refractivity (Wildman–Crippen MR) is 69.9 cm³/mol. The number of carboxylic acids is 1. The van der Waals surface area contributed by atoms with Gasteiger partial charge in [0.15, 0.2) is 0 Å². The van der Waals surface area contributed by atoms with Gasteiger partial charge in [0.2, 0.25) is 0 Å². The molecular formula is C10H6Cl3FN2O2. The highest BCUT2D eigenvalue weighted by Crippen LogP contribution is 2.19. The monoisotopic (exact) mass is 310 g/mol. The number of allylic oxidation sites excluding steroid dienone is 1. The van der Waals surface area contributed by atoms with Crippen LogP contribution in [0.1, 0.15) is 0 Å². The van der Waals surface area contributed by atoms with E-state index in [2.05, 4.69) is 10.5 Å². The fourth-order valence-corrected chi connectivity index (χ4v) is 1.25. The Morgan fingerprint density at radius 3 is 2.67 bits per heavy atom. The van der Waals surface area contributed by atoms with Crippen LogP contribution in [0.15, 0.2) is 33.4 Å². The molecule has 1 aromatic carbocycles. The molecule has 0 aliphatic rings. The van der Waals surface area contributed by atoms with Gasteiger partial charge in [-0.3, -0.25) is 5.43 Å². The molecule has 0 bridgehead atoms. The summed E-state index contributed by atoms with van der Waals surface area (Å²) in [5.74, 6) is -1.92. The predicted octanol–water partition coefficient (Wildman–Crippen LogP) is 3.65. The molecule has 0 amide bonds. The maximum atomic E-state index is 12.8. The van der Waals surface area contributed by atoms with Crippen molar-refractivity contribution in [2.75, 3.05) is 5.43 Å². The van der Waals surface area contributed by atoms with Gasteiger partial charge >= 0.3 is 5.97 Å². The van der Waals surface area contributed by atoms with Crippen molar-refractivity contribution in [2.24, 2.45) is 5.10 Å². The quantitative estimate of drug-likeness (QED) is 0.507. The van der Waals surface area contributed by atoms with Gasteiger partial charge in [0.25, 0.3) is 0 Å². The van der Waals surface area contributed by atoms with Crippen molar-refractivity contribution < 1.29 is 14.3 Å². The van der Waals surface area contributed by atoms with E-state index in [-0.39, 0.29) is 10.1 Å². The number of hydrazone groups is 1. The third-order valence-corrected chi connectivity index (χ3v) is 2.73. The molecular weight excluding hydrogens is 305 g/mol. The maximum Gasteiger partial charge on any atom is 0.348 e. The molecule has 0 radical (unpaired) electrons. The molecule has 0 fully saturated rings. The second-order valence-electron chi connectivity index (χ2n) is 2.97. The standard InChI is InChI=1S/C10H6Cl3FN2O2/c11-6-3-5(1-2-8(6)14)16-15-4-7(12)9(13)10(17)18/h1-4,16H,(H,17,18)/b9-7-,15-4+. The molecule has 0 aliphatic heterocycles. The first-order chi connectivity index (χ1) is 8.41. The van der Waals surface area contributed by atoms with Crippen molar-refractivity contribution in [3.63, 3.8) is 0 Å². The highest BCUT2D eigenvalue weighted by Gasteiger charge is 2.07. The summed E-state index contributed by atoms with van der Waals surface area (Å²) < 4.78 is 12.8. The largest absolute Gasteiger partial charge is 0.477 e. The number of rotatable bonds is 4. The second-order valence-corrected chi connectivity index (χ2v) is 4.16. The lowest BCUT2D eigenvalue weighted by Gasteiger charge is -2.01. The first kappa shape index (κ1) is 14.8. The topological polar surface area (TPSA) is 61.7 Å². The fourth-order valence-electron chi connectivity index (χ4n) is 0.888. The van der Waals surface area contributed by atoms with Crippen molar-refractivity contribution in [1.29, 1.82) is 0 Å². The Kier molecular flexibility index (Phi) is 5.40. The number of halogens is 4. The summed E-state index contributed by atoms with van der Waals surface area (Å²) in [6.45, 7) is 0. The van der Waals surface area contributed by atoms with E-state index in [0.717, 1.165) is 12.3 Å². The number of hydrogen-bond acceptors (Lipinski definition) is 3. The molecule has 4 nitrogen and oxygen atoms in total. The first-order valence-corrected chi connectivity index (χ1v) is 5.58. The Labute approximate surface area is 117 Å².